The first kappa shape index (κ1) is 15.1. The molecule has 4 rings (SSSR count). The molecule has 4 aromatic rings. The molecule has 0 fully saturated rings. The molecule has 3 heteroatoms. The Bertz CT molecular complexity index is 1050. The summed E-state index contributed by atoms with van der Waals surface area (Å²) in [5, 5.41) is 2.28. The maximum absolute atomic E-state index is 6.07. The molecule has 0 bridgehead atoms. The van der Waals surface area contributed by atoms with Gasteiger partial charge in [-0.15, -0.1) is 0 Å². The summed E-state index contributed by atoms with van der Waals surface area (Å²) >= 11 is 0. The van der Waals surface area contributed by atoms with Gasteiger partial charge >= 0.3 is 0 Å². The van der Waals surface area contributed by atoms with Gasteiger partial charge in [-0.1, -0.05) is 42.5 Å². The highest BCUT2D eigenvalue weighted by molar-refractivity contribution is 6.06. The maximum atomic E-state index is 6.07. The zero-order chi connectivity index (χ0) is 17.4. The summed E-state index contributed by atoms with van der Waals surface area (Å²) in [6.07, 6.45) is 0. The fraction of sp³-hybridized carbons (Fsp3) is 0. The fourth-order valence-electron chi connectivity index (χ4n) is 3.19. The molecule has 0 atom stereocenters. The summed E-state index contributed by atoms with van der Waals surface area (Å²) in [6, 6.07) is 26.2. The van der Waals surface area contributed by atoms with Crippen molar-refractivity contribution in [2.24, 2.45) is 0 Å². The Balaban J connectivity index is 1.98. The van der Waals surface area contributed by atoms with Crippen LogP contribution in [0.2, 0.25) is 0 Å². The zero-order valence-electron chi connectivity index (χ0n) is 13.7. The van der Waals surface area contributed by atoms with Crippen LogP contribution in [-0.2, 0) is 0 Å². The largest absolute Gasteiger partial charge is 0.399 e. The summed E-state index contributed by atoms with van der Waals surface area (Å²) in [5.41, 5.74) is 24.5. The molecule has 0 amide bonds. The lowest BCUT2D eigenvalue weighted by molar-refractivity contribution is 1.61. The molecule has 4 aromatic carbocycles. The van der Waals surface area contributed by atoms with Gasteiger partial charge in [-0.2, -0.15) is 0 Å². The van der Waals surface area contributed by atoms with E-state index in [0.717, 1.165) is 50.1 Å². The highest BCUT2D eigenvalue weighted by atomic mass is 14.5. The van der Waals surface area contributed by atoms with Crippen LogP contribution in [0.1, 0.15) is 0 Å². The number of nitrogen functional groups attached to an aromatic ring is 3. The van der Waals surface area contributed by atoms with Crippen molar-refractivity contribution in [2.75, 3.05) is 17.2 Å². The molecular formula is C22H19N3. The summed E-state index contributed by atoms with van der Waals surface area (Å²) in [5.74, 6) is 0. The Morgan fingerprint density at radius 2 is 0.840 bits per heavy atom. The first-order valence-electron chi connectivity index (χ1n) is 8.16. The van der Waals surface area contributed by atoms with Crippen molar-refractivity contribution in [1.29, 1.82) is 0 Å². The molecule has 6 N–H and O–H groups in total. The van der Waals surface area contributed by atoms with Crippen LogP contribution in [0.3, 0.4) is 0 Å². The average molecular weight is 325 g/mol. The van der Waals surface area contributed by atoms with Crippen molar-refractivity contribution in [1.82, 2.24) is 0 Å². The predicted octanol–water partition coefficient (Wildman–Crippen LogP) is 4.92. The molecule has 0 saturated heterocycles. The quantitative estimate of drug-likeness (QED) is 0.458. The van der Waals surface area contributed by atoms with Gasteiger partial charge in [0, 0.05) is 17.1 Å². The first-order chi connectivity index (χ1) is 12.1. The van der Waals surface area contributed by atoms with Crippen molar-refractivity contribution < 1.29 is 0 Å². The van der Waals surface area contributed by atoms with E-state index in [9.17, 15) is 0 Å². The van der Waals surface area contributed by atoms with Crippen LogP contribution in [0.4, 0.5) is 17.1 Å². The number of rotatable bonds is 2. The van der Waals surface area contributed by atoms with Gasteiger partial charge in [0.1, 0.15) is 0 Å². The van der Waals surface area contributed by atoms with E-state index in [0.29, 0.717) is 0 Å². The lowest BCUT2D eigenvalue weighted by Gasteiger charge is -2.13. The van der Waals surface area contributed by atoms with Gasteiger partial charge in [0.2, 0.25) is 0 Å². The van der Waals surface area contributed by atoms with Crippen molar-refractivity contribution >= 4 is 27.8 Å². The third-order valence-electron chi connectivity index (χ3n) is 4.48. The number of hydrogen-bond acceptors (Lipinski definition) is 3. The number of anilines is 3. The van der Waals surface area contributed by atoms with E-state index in [1.165, 1.54) is 0 Å². The van der Waals surface area contributed by atoms with Gasteiger partial charge in [-0.25, -0.2) is 0 Å². The minimum absolute atomic E-state index is 0.749. The molecule has 0 aliphatic carbocycles. The topological polar surface area (TPSA) is 78.1 Å². The Kier molecular flexibility index (Phi) is 3.55. The summed E-state index contributed by atoms with van der Waals surface area (Å²) in [6.45, 7) is 0. The molecule has 0 aliphatic heterocycles. The van der Waals surface area contributed by atoms with Gasteiger partial charge in [-0.05, 0) is 69.4 Å². The maximum Gasteiger partial charge on any atom is 0.0320 e. The van der Waals surface area contributed by atoms with Gasteiger partial charge in [0.25, 0.3) is 0 Å². The van der Waals surface area contributed by atoms with Crippen LogP contribution in [0.15, 0.2) is 78.9 Å². The van der Waals surface area contributed by atoms with Crippen LogP contribution in [0.5, 0.6) is 0 Å². The molecule has 0 aliphatic rings. The van der Waals surface area contributed by atoms with E-state index in [4.69, 9.17) is 17.2 Å². The molecule has 3 nitrogen and oxygen atoms in total. The zero-order valence-corrected chi connectivity index (χ0v) is 13.7. The Morgan fingerprint density at radius 3 is 1.36 bits per heavy atom. The highest BCUT2D eigenvalue weighted by Crippen LogP contribution is 2.37. The van der Waals surface area contributed by atoms with Gasteiger partial charge in [0.05, 0.1) is 0 Å². The Morgan fingerprint density at radius 1 is 0.400 bits per heavy atom. The molecule has 0 saturated carbocycles. The second kappa shape index (κ2) is 5.87. The number of hydrogen-bond donors (Lipinski definition) is 3. The van der Waals surface area contributed by atoms with E-state index in [1.54, 1.807) is 0 Å². The number of fused-ring (bicyclic) bond motifs is 1. The lowest BCUT2D eigenvalue weighted by atomic mass is 9.91. The molecule has 0 heterocycles. The van der Waals surface area contributed by atoms with Crippen LogP contribution >= 0.6 is 0 Å². The van der Waals surface area contributed by atoms with Crippen LogP contribution in [-0.4, -0.2) is 0 Å². The summed E-state index contributed by atoms with van der Waals surface area (Å²) in [4.78, 5) is 0. The normalized spacial score (nSPS) is 10.9. The predicted molar refractivity (Wildman–Crippen MR) is 108 cm³/mol. The van der Waals surface area contributed by atoms with Gasteiger partial charge < -0.3 is 17.2 Å². The summed E-state index contributed by atoms with van der Waals surface area (Å²) in [7, 11) is 0. The van der Waals surface area contributed by atoms with E-state index in [2.05, 4.69) is 18.2 Å². The van der Waals surface area contributed by atoms with Crippen LogP contribution < -0.4 is 17.2 Å². The molecule has 0 spiro atoms. The van der Waals surface area contributed by atoms with E-state index >= 15 is 0 Å². The average Bonchev–Trinajstić information content (AvgIpc) is 2.62. The standard InChI is InChI=1S/C22H19N3/c23-16-5-1-14(2-6-16)19-11-12-20(15-3-7-17(24)8-4-15)22-13-18(25)9-10-21(19)22/h1-13H,23-25H2. The summed E-state index contributed by atoms with van der Waals surface area (Å²) < 4.78 is 0. The molecule has 25 heavy (non-hydrogen) atoms. The molecule has 122 valence electrons. The van der Waals surface area contributed by atoms with Crippen molar-refractivity contribution in [3.63, 3.8) is 0 Å². The lowest BCUT2D eigenvalue weighted by Crippen LogP contribution is -1.90. The highest BCUT2D eigenvalue weighted by Gasteiger charge is 2.10. The molecule has 0 unspecified atom stereocenters. The van der Waals surface area contributed by atoms with Crippen LogP contribution in [0, 0.1) is 0 Å². The number of benzene rings is 4. The monoisotopic (exact) mass is 325 g/mol. The second-order valence-electron chi connectivity index (χ2n) is 6.21. The molecular weight excluding hydrogens is 306 g/mol. The van der Waals surface area contributed by atoms with E-state index in [1.807, 2.05) is 60.7 Å². The van der Waals surface area contributed by atoms with E-state index < -0.39 is 0 Å². The van der Waals surface area contributed by atoms with Crippen LogP contribution in [0.25, 0.3) is 33.0 Å². The van der Waals surface area contributed by atoms with Gasteiger partial charge in [0.15, 0.2) is 0 Å². The SMILES string of the molecule is Nc1ccc(-c2ccc(-c3ccc(N)cc3)c3cc(N)ccc23)cc1. The fourth-order valence-corrected chi connectivity index (χ4v) is 3.19. The second-order valence-corrected chi connectivity index (χ2v) is 6.21. The van der Waals surface area contributed by atoms with Crippen molar-refractivity contribution in [3.8, 4) is 22.3 Å². The van der Waals surface area contributed by atoms with Crippen molar-refractivity contribution in [3.05, 3.63) is 78.9 Å². The van der Waals surface area contributed by atoms with Crippen molar-refractivity contribution in [2.45, 2.75) is 0 Å². The Hall–Kier alpha value is -3.46. The molecule has 0 radical (unpaired) electrons. The third kappa shape index (κ3) is 2.76. The van der Waals surface area contributed by atoms with Gasteiger partial charge in [-0.3, -0.25) is 0 Å². The smallest absolute Gasteiger partial charge is 0.0320 e. The minimum Gasteiger partial charge on any atom is -0.399 e. The first-order valence-corrected chi connectivity index (χ1v) is 8.16. The number of nitrogens with two attached hydrogens (primary N) is 3. The minimum atomic E-state index is 0.749. The van der Waals surface area contributed by atoms with E-state index in [-0.39, 0.29) is 0 Å². The molecule has 0 aromatic heterocycles. The third-order valence-corrected chi connectivity index (χ3v) is 4.48. The Labute approximate surface area is 146 Å².